The highest BCUT2D eigenvalue weighted by Gasteiger charge is 2.28. The van der Waals surface area contributed by atoms with Crippen molar-refractivity contribution < 1.29 is 13.9 Å². The highest BCUT2D eigenvalue weighted by Crippen LogP contribution is 2.29. The molecular formula is C20H17ClFN3O2. The van der Waals surface area contributed by atoms with Crippen LogP contribution in [0.1, 0.15) is 34.5 Å². The molecule has 4 rings (SSSR count). The Morgan fingerprint density at radius 3 is 2.81 bits per heavy atom. The van der Waals surface area contributed by atoms with E-state index in [0.717, 1.165) is 11.3 Å². The monoisotopic (exact) mass is 385 g/mol. The third-order valence-electron chi connectivity index (χ3n) is 4.61. The minimum absolute atomic E-state index is 0.0537. The van der Waals surface area contributed by atoms with E-state index in [9.17, 15) is 9.18 Å². The molecule has 0 saturated carbocycles. The van der Waals surface area contributed by atoms with Crippen molar-refractivity contribution >= 4 is 17.5 Å². The first-order chi connectivity index (χ1) is 13.0. The van der Waals surface area contributed by atoms with Crippen molar-refractivity contribution in [3.8, 4) is 11.5 Å². The number of H-pyrrole nitrogens is 1. The number of hydrogen-bond donors (Lipinski definition) is 1. The fourth-order valence-electron chi connectivity index (χ4n) is 3.25. The topological polar surface area (TPSA) is 58.2 Å². The molecule has 1 unspecified atom stereocenters. The molecule has 1 N–H and O–H groups in total. The van der Waals surface area contributed by atoms with Crippen molar-refractivity contribution in [3.05, 3.63) is 76.3 Å². The Morgan fingerprint density at radius 2 is 2.07 bits per heavy atom. The molecule has 2 heterocycles. The summed E-state index contributed by atoms with van der Waals surface area (Å²) in [5.74, 6) is -0.138. The van der Waals surface area contributed by atoms with E-state index >= 15 is 0 Å². The van der Waals surface area contributed by atoms with Crippen molar-refractivity contribution in [2.45, 2.75) is 19.4 Å². The number of nitrogens with one attached hydrogen (secondary N) is 1. The van der Waals surface area contributed by atoms with E-state index in [0.29, 0.717) is 23.9 Å². The molecule has 5 nitrogen and oxygen atoms in total. The molecule has 1 aromatic heterocycles. The lowest BCUT2D eigenvalue weighted by atomic mass is 9.98. The van der Waals surface area contributed by atoms with Gasteiger partial charge in [-0.25, -0.2) is 4.39 Å². The van der Waals surface area contributed by atoms with E-state index in [-0.39, 0.29) is 23.1 Å². The zero-order valence-electron chi connectivity index (χ0n) is 14.6. The van der Waals surface area contributed by atoms with Crippen LogP contribution in [-0.2, 0) is 6.54 Å². The maximum Gasteiger partial charge on any atom is 0.254 e. The normalized spacial score (nSPS) is 16.1. The van der Waals surface area contributed by atoms with Crippen LogP contribution in [0.3, 0.4) is 0 Å². The second kappa shape index (κ2) is 7.04. The maximum absolute atomic E-state index is 14.5. The van der Waals surface area contributed by atoms with Gasteiger partial charge < -0.3 is 9.64 Å². The predicted octanol–water partition coefficient (Wildman–Crippen LogP) is 4.75. The molecule has 0 radical (unpaired) electrons. The highest BCUT2D eigenvalue weighted by atomic mass is 35.5. The number of benzene rings is 2. The van der Waals surface area contributed by atoms with Gasteiger partial charge in [0.15, 0.2) is 11.6 Å². The number of amides is 1. The van der Waals surface area contributed by atoms with Gasteiger partial charge in [0.05, 0.1) is 6.20 Å². The van der Waals surface area contributed by atoms with Crippen LogP contribution in [0, 0.1) is 5.82 Å². The van der Waals surface area contributed by atoms with Gasteiger partial charge in [-0.15, -0.1) is 0 Å². The Kier molecular flexibility index (Phi) is 4.58. The van der Waals surface area contributed by atoms with Gasteiger partial charge in [0, 0.05) is 40.9 Å². The summed E-state index contributed by atoms with van der Waals surface area (Å²) >= 11 is 5.83. The molecule has 7 heteroatoms. The third kappa shape index (κ3) is 3.53. The lowest BCUT2D eigenvalue weighted by molar-refractivity contribution is 0.0719. The van der Waals surface area contributed by atoms with Crippen molar-refractivity contribution in [1.82, 2.24) is 15.1 Å². The van der Waals surface area contributed by atoms with Gasteiger partial charge in [-0.05, 0) is 42.5 Å². The fourth-order valence-corrected chi connectivity index (χ4v) is 3.38. The average molecular weight is 386 g/mol. The van der Waals surface area contributed by atoms with Crippen LogP contribution in [0.15, 0.2) is 48.7 Å². The molecule has 1 aliphatic heterocycles. The first kappa shape index (κ1) is 17.5. The zero-order valence-corrected chi connectivity index (χ0v) is 15.3. The van der Waals surface area contributed by atoms with Crippen LogP contribution in [0.5, 0.6) is 11.5 Å². The molecule has 0 saturated heterocycles. The van der Waals surface area contributed by atoms with Gasteiger partial charge in [-0.3, -0.25) is 9.89 Å². The number of aromatic nitrogens is 2. The lowest BCUT2D eigenvalue weighted by Crippen LogP contribution is -2.37. The number of hydrogen-bond acceptors (Lipinski definition) is 3. The largest absolute Gasteiger partial charge is 0.454 e. The Morgan fingerprint density at radius 1 is 1.30 bits per heavy atom. The smallest absolute Gasteiger partial charge is 0.254 e. The summed E-state index contributed by atoms with van der Waals surface area (Å²) in [7, 11) is 0. The standard InChI is InChI=1S/C20H17ClFN3O2/c1-12-10-25(11-14-9-23-24-19(12)14)20(26)13-2-7-18(17(22)8-13)27-16-5-3-15(21)4-6-16/h2-9,12H,10-11H2,1H3,(H,23,24). The molecule has 0 bridgehead atoms. The molecule has 2 aromatic carbocycles. The number of halogens is 2. The molecular weight excluding hydrogens is 369 g/mol. The number of aromatic amines is 1. The quantitative estimate of drug-likeness (QED) is 0.707. The maximum atomic E-state index is 14.5. The summed E-state index contributed by atoms with van der Waals surface area (Å²) in [6.45, 7) is 3.04. The van der Waals surface area contributed by atoms with E-state index in [1.54, 1.807) is 41.4 Å². The molecule has 27 heavy (non-hydrogen) atoms. The molecule has 3 aromatic rings. The molecule has 1 amide bonds. The predicted molar refractivity (Wildman–Crippen MR) is 99.7 cm³/mol. The minimum atomic E-state index is -0.593. The summed E-state index contributed by atoms with van der Waals surface area (Å²) in [5.41, 5.74) is 2.33. The number of carbonyl (C=O) groups is 1. The van der Waals surface area contributed by atoms with Crippen molar-refractivity contribution in [1.29, 1.82) is 0 Å². The van der Waals surface area contributed by atoms with Crippen LogP contribution in [0.4, 0.5) is 4.39 Å². The number of carbonyl (C=O) groups excluding carboxylic acids is 1. The highest BCUT2D eigenvalue weighted by molar-refractivity contribution is 6.30. The van der Waals surface area contributed by atoms with Gasteiger partial charge in [0.25, 0.3) is 5.91 Å². The summed E-state index contributed by atoms with van der Waals surface area (Å²) in [6.07, 6.45) is 1.73. The van der Waals surface area contributed by atoms with E-state index in [1.807, 2.05) is 6.92 Å². The molecule has 1 atom stereocenters. The van der Waals surface area contributed by atoms with Crippen molar-refractivity contribution in [2.75, 3.05) is 6.54 Å². The number of rotatable bonds is 3. The summed E-state index contributed by atoms with van der Waals surface area (Å²) in [4.78, 5) is 14.5. The summed E-state index contributed by atoms with van der Waals surface area (Å²) < 4.78 is 20.0. The SMILES string of the molecule is CC1CN(C(=O)c2ccc(Oc3ccc(Cl)cc3)c(F)c2)Cc2cn[nH]c21. The average Bonchev–Trinajstić information content (AvgIpc) is 3.14. The van der Waals surface area contributed by atoms with E-state index in [1.165, 1.54) is 12.1 Å². The number of fused-ring (bicyclic) bond motifs is 1. The first-order valence-electron chi connectivity index (χ1n) is 8.55. The molecule has 0 fully saturated rings. The molecule has 0 spiro atoms. The molecule has 1 aliphatic rings. The van der Waals surface area contributed by atoms with Crippen LogP contribution in [0.25, 0.3) is 0 Å². The van der Waals surface area contributed by atoms with Gasteiger partial charge >= 0.3 is 0 Å². The van der Waals surface area contributed by atoms with Gasteiger partial charge in [0.1, 0.15) is 5.75 Å². The Balaban J connectivity index is 1.52. The van der Waals surface area contributed by atoms with Gasteiger partial charge in [-0.1, -0.05) is 18.5 Å². The number of ether oxygens (including phenoxy) is 1. The van der Waals surface area contributed by atoms with Crippen molar-refractivity contribution in [3.63, 3.8) is 0 Å². The second-order valence-corrected chi connectivity index (χ2v) is 7.03. The van der Waals surface area contributed by atoms with E-state index < -0.39 is 5.82 Å². The third-order valence-corrected chi connectivity index (χ3v) is 4.86. The minimum Gasteiger partial charge on any atom is -0.454 e. The lowest BCUT2D eigenvalue weighted by Gasteiger charge is -2.30. The van der Waals surface area contributed by atoms with E-state index in [4.69, 9.17) is 16.3 Å². The van der Waals surface area contributed by atoms with Crippen LogP contribution in [0.2, 0.25) is 5.02 Å². The van der Waals surface area contributed by atoms with Gasteiger partial charge in [0.2, 0.25) is 0 Å². The molecule has 138 valence electrons. The fraction of sp³-hybridized carbons (Fsp3) is 0.200. The van der Waals surface area contributed by atoms with Gasteiger partial charge in [-0.2, -0.15) is 5.10 Å². The first-order valence-corrected chi connectivity index (χ1v) is 8.93. The summed E-state index contributed by atoms with van der Waals surface area (Å²) in [6, 6.07) is 10.9. The Bertz CT molecular complexity index is 987. The zero-order chi connectivity index (χ0) is 19.0. The second-order valence-electron chi connectivity index (χ2n) is 6.60. The van der Waals surface area contributed by atoms with Crippen LogP contribution < -0.4 is 4.74 Å². The Hall–Kier alpha value is -2.86. The summed E-state index contributed by atoms with van der Waals surface area (Å²) in [5, 5.41) is 7.59. The van der Waals surface area contributed by atoms with Crippen LogP contribution >= 0.6 is 11.6 Å². The van der Waals surface area contributed by atoms with Crippen LogP contribution in [-0.4, -0.2) is 27.5 Å². The van der Waals surface area contributed by atoms with Crippen molar-refractivity contribution in [2.24, 2.45) is 0 Å². The van der Waals surface area contributed by atoms with E-state index in [2.05, 4.69) is 10.2 Å². The number of nitrogens with zero attached hydrogens (tertiary/aromatic N) is 2. The Labute approximate surface area is 160 Å². The molecule has 0 aliphatic carbocycles.